The molecule has 2 aromatic carbocycles. The molecule has 0 saturated heterocycles. The first kappa shape index (κ1) is 21.3. The third kappa shape index (κ3) is 4.46. The molecule has 0 aliphatic heterocycles. The summed E-state index contributed by atoms with van der Waals surface area (Å²) in [6.45, 7) is 7.63. The summed E-state index contributed by atoms with van der Waals surface area (Å²) in [5.74, 6) is 0. The van der Waals surface area contributed by atoms with Crippen LogP contribution in [0.2, 0.25) is 0 Å². The van der Waals surface area contributed by atoms with E-state index in [1.807, 2.05) is 42.5 Å². The molecule has 27 heavy (non-hydrogen) atoms. The lowest BCUT2D eigenvalue weighted by molar-refractivity contribution is -0.553. The van der Waals surface area contributed by atoms with Crippen molar-refractivity contribution in [2.45, 2.75) is 58.0 Å². The molecule has 1 N–H and O–H groups in total. The summed E-state index contributed by atoms with van der Waals surface area (Å²) >= 11 is 0. The van der Waals surface area contributed by atoms with Gasteiger partial charge in [-0.15, -0.1) is 0 Å². The Morgan fingerprint density at radius 1 is 1.04 bits per heavy atom. The van der Waals surface area contributed by atoms with Crippen LogP contribution >= 0.6 is 0 Å². The molecule has 2 aromatic rings. The lowest BCUT2D eigenvalue weighted by Crippen LogP contribution is -2.63. The first-order valence-corrected chi connectivity index (χ1v) is 9.41. The van der Waals surface area contributed by atoms with Crippen molar-refractivity contribution in [2.24, 2.45) is 0 Å². The van der Waals surface area contributed by atoms with E-state index in [-0.39, 0.29) is 6.42 Å². The Hall–Kier alpha value is -2.02. The summed E-state index contributed by atoms with van der Waals surface area (Å²) in [5.41, 5.74) is -0.951. The van der Waals surface area contributed by atoms with Crippen molar-refractivity contribution in [3.8, 4) is 0 Å². The molecule has 0 heterocycles. The van der Waals surface area contributed by atoms with Crippen LogP contribution in [0.5, 0.6) is 0 Å². The van der Waals surface area contributed by atoms with Gasteiger partial charge >= 0.3 is 0 Å². The van der Waals surface area contributed by atoms with E-state index < -0.39 is 28.8 Å². The summed E-state index contributed by atoms with van der Waals surface area (Å²) in [4.78, 5) is 11.6. The van der Waals surface area contributed by atoms with Crippen LogP contribution in [0.25, 0.3) is 10.8 Å². The first-order valence-electron chi connectivity index (χ1n) is 9.41. The van der Waals surface area contributed by atoms with Gasteiger partial charge in [0, 0.05) is 24.6 Å². The lowest BCUT2D eigenvalue weighted by Gasteiger charge is -2.39. The molecular weight excluding hydrogens is 346 g/mol. The second kappa shape index (κ2) is 9.26. The van der Waals surface area contributed by atoms with Gasteiger partial charge in [0.05, 0.1) is 12.2 Å². The van der Waals surface area contributed by atoms with Crippen LogP contribution in [0.1, 0.15) is 33.3 Å². The van der Waals surface area contributed by atoms with E-state index >= 15 is 0 Å². The molecule has 0 aromatic heterocycles. The third-order valence-corrected chi connectivity index (χ3v) is 5.22. The van der Waals surface area contributed by atoms with Crippen molar-refractivity contribution >= 4 is 10.8 Å². The number of ether oxygens (including phenoxy) is 2. The van der Waals surface area contributed by atoms with Gasteiger partial charge < -0.3 is 14.6 Å². The van der Waals surface area contributed by atoms with Crippen molar-refractivity contribution in [3.63, 3.8) is 0 Å². The molecule has 2 rings (SSSR count). The zero-order valence-electron chi connectivity index (χ0n) is 16.4. The molecule has 6 heteroatoms. The number of rotatable bonds is 10. The molecule has 0 fully saturated rings. The fourth-order valence-electron chi connectivity index (χ4n) is 3.73. The Balaban J connectivity index is 2.49. The predicted octanol–water partition coefficient (Wildman–Crippen LogP) is 3.61. The van der Waals surface area contributed by atoms with Crippen molar-refractivity contribution in [1.82, 2.24) is 0 Å². The summed E-state index contributed by atoms with van der Waals surface area (Å²) < 4.78 is 11.2. The highest BCUT2D eigenvalue weighted by atomic mass is 16.6. The van der Waals surface area contributed by atoms with Gasteiger partial charge in [-0.1, -0.05) is 42.5 Å². The van der Waals surface area contributed by atoms with Crippen molar-refractivity contribution in [1.29, 1.82) is 0 Å². The monoisotopic (exact) mass is 375 g/mol. The zero-order valence-corrected chi connectivity index (χ0v) is 16.4. The van der Waals surface area contributed by atoms with Crippen LogP contribution in [-0.2, 0) is 15.9 Å². The number of nitro groups is 1. The molecule has 148 valence electrons. The van der Waals surface area contributed by atoms with Crippen LogP contribution in [-0.4, -0.2) is 47.1 Å². The highest BCUT2D eigenvalue weighted by Gasteiger charge is 2.54. The van der Waals surface area contributed by atoms with E-state index in [0.29, 0.717) is 13.2 Å². The normalized spacial score (nSPS) is 17.2. The number of aliphatic hydroxyl groups is 1. The Morgan fingerprint density at radius 2 is 1.59 bits per heavy atom. The van der Waals surface area contributed by atoms with E-state index in [1.165, 1.54) is 0 Å². The van der Waals surface area contributed by atoms with Gasteiger partial charge in [0.2, 0.25) is 6.04 Å². The second-order valence-corrected chi connectivity index (χ2v) is 6.73. The predicted molar refractivity (Wildman–Crippen MR) is 106 cm³/mol. The fourth-order valence-corrected chi connectivity index (χ4v) is 3.73. The number of nitrogens with zero attached hydrogens (tertiary/aromatic N) is 1. The molecule has 3 atom stereocenters. The summed E-state index contributed by atoms with van der Waals surface area (Å²) in [7, 11) is 0. The van der Waals surface area contributed by atoms with Gasteiger partial charge in [-0.05, 0) is 44.0 Å². The fraction of sp³-hybridized carbons (Fsp3) is 0.524. The quantitative estimate of drug-likeness (QED) is 0.507. The maximum absolute atomic E-state index is 12.0. The zero-order chi connectivity index (χ0) is 20.0. The minimum absolute atomic E-state index is 0.0830. The van der Waals surface area contributed by atoms with Gasteiger partial charge in [0.25, 0.3) is 0 Å². The largest absolute Gasteiger partial charge is 0.378 e. The molecule has 0 spiro atoms. The van der Waals surface area contributed by atoms with Crippen LogP contribution in [0.4, 0.5) is 0 Å². The highest BCUT2D eigenvalue weighted by molar-refractivity contribution is 5.85. The number of fused-ring (bicyclic) bond motifs is 1. The standard InChI is InChI=1S/C21H29NO5/c1-5-26-15(3)21(23,16(4)27-6-2)20(22(24)25)14-18-12-9-11-17-10-7-8-13-19(17)18/h7-13,15-16,20,23H,5-6,14H2,1-4H3. The number of hydrogen-bond acceptors (Lipinski definition) is 5. The Bertz CT molecular complexity index is 746. The SMILES string of the molecule is CCOC(C)C(O)(C(C)OCC)C(Cc1cccc2ccccc12)[N+](=O)[O-]. The first-order chi connectivity index (χ1) is 12.9. The topological polar surface area (TPSA) is 81.8 Å². The molecule has 0 radical (unpaired) electrons. The minimum Gasteiger partial charge on any atom is -0.378 e. The van der Waals surface area contributed by atoms with Crippen LogP contribution in [0, 0.1) is 10.1 Å². The highest BCUT2D eigenvalue weighted by Crippen LogP contribution is 2.31. The van der Waals surface area contributed by atoms with E-state index in [9.17, 15) is 15.2 Å². The molecule has 0 saturated carbocycles. The summed E-state index contributed by atoms with van der Waals surface area (Å²) in [6, 6.07) is 12.2. The van der Waals surface area contributed by atoms with Crippen molar-refractivity contribution < 1.29 is 19.5 Å². The average Bonchev–Trinajstić information content (AvgIpc) is 2.65. The van der Waals surface area contributed by atoms with Crippen LogP contribution in [0.15, 0.2) is 42.5 Å². The smallest absolute Gasteiger partial charge is 0.250 e. The van der Waals surface area contributed by atoms with Crippen LogP contribution in [0.3, 0.4) is 0 Å². The summed E-state index contributed by atoms with van der Waals surface area (Å²) in [6.07, 6.45) is -1.43. The van der Waals surface area contributed by atoms with E-state index in [2.05, 4.69) is 0 Å². The molecule has 0 bridgehead atoms. The maximum Gasteiger partial charge on any atom is 0.250 e. The van der Waals surface area contributed by atoms with Crippen molar-refractivity contribution in [2.75, 3.05) is 13.2 Å². The van der Waals surface area contributed by atoms with E-state index in [0.717, 1.165) is 16.3 Å². The Morgan fingerprint density at radius 3 is 2.15 bits per heavy atom. The van der Waals surface area contributed by atoms with Crippen LogP contribution < -0.4 is 0 Å². The molecule has 0 amide bonds. The second-order valence-electron chi connectivity index (χ2n) is 6.73. The van der Waals surface area contributed by atoms with Gasteiger partial charge in [0.1, 0.15) is 0 Å². The minimum atomic E-state index is -1.77. The number of hydrogen-bond donors (Lipinski definition) is 1. The van der Waals surface area contributed by atoms with E-state index in [1.54, 1.807) is 27.7 Å². The van der Waals surface area contributed by atoms with Gasteiger partial charge in [-0.3, -0.25) is 10.1 Å². The summed E-state index contributed by atoms with van der Waals surface area (Å²) in [5, 5.41) is 25.5. The molecule has 0 aliphatic rings. The van der Waals surface area contributed by atoms with Crippen molar-refractivity contribution in [3.05, 3.63) is 58.1 Å². The van der Waals surface area contributed by atoms with Gasteiger partial charge in [-0.25, -0.2) is 0 Å². The molecule has 3 unspecified atom stereocenters. The molecule has 6 nitrogen and oxygen atoms in total. The van der Waals surface area contributed by atoms with Gasteiger partial charge in [-0.2, -0.15) is 0 Å². The average molecular weight is 375 g/mol. The van der Waals surface area contributed by atoms with Gasteiger partial charge in [0.15, 0.2) is 5.60 Å². The number of benzene rings is 2. The maximum atomic E-state index is 12.0. The molecular formula is C21H29NO5. The Labute approximate surface area is 160 Å². The molecule has 0 aliphatic carbocycles. The Kier molecular flexibility index (Phi) is 7.30. The van der Waals surface area contributed by atoms with E-state index in [4.69, 9.17) is 9.47 Å². The third-order valence-electron chi connectivity index (χ3n) is 5.22. The lowest BCUT2D eigenvalue weighted by atomic mass is 9.80.